The Hall–Kier alpha value is -2.13. The minimum Gasteiger partial charge on any atom is -0.292 e. The lowest BCUT2D eigenvalue weighted by atomic mass is 9.89. The highest BCUT2D eigenvalue weighted by Crippen LogP contribution is 2.30. The molecule has 3 aromatic rings. The monoisotopic (exact) mass is 352 g/mol. The Morgan fingerprint density at radius 2 is 1.80 bits per heavy atom. The van der Waals surface area contributed by atoms with Gasteiger partial charge in [0.2, 0.25) is 0 Å². The highest BCUT2D eigenvalue weighted by atomic mass is 35.5. The molecule has 1 aliphatic carbocycles. The summed E-state index contributed by atoms with van der Waals surface area (Å²) >= 11 is 6.25. The van der Waals surface area contributed by atoms with Gasteiger partial charge in [-0.15, -0.1) is 0 Å². The van der Waals surface area contributed by atoms with Crippen molar-refractivity contribution in [1.82, 2.24) is 9.55 Å². The largest absolute Gasteiger partial charge is 0.348 e. The first-order valence-electron chi connectivity index (χ1n) is 8.98. The molecular formula is C21H21ClN2O. The second-order valence-corrected chi connectivity index (χ2v) is 7.32. The second-order valence-electron chi connectivity index (χ2n) is 6.89. The molecular weight excluding hydrogens is 332 g/mol. The van der Waals surface area contributed by atoms with Crippen molar-refractivity contribution in [2.24, 2.45) is 5.92 Å². The molecule has 128 valence electrons. The van der Waals surface area contributed by atoms with Crippen LogP contribution >= 0.6 is 11.6 Å². The Bertz CT molecular complexity index is 943. The summed E-state index contributed by atoms with van der Waals surface area (Å²) in [4.78, 5) is 17.2. The summed E-state index contributed by atoms with van der Waals surface area (Å²) in [5.74, 6) is 0.565. The zero-order valence-corrected chi connectivity index (χ0v) is 14.9. The van der Waals surface area contributed by atoms with Crippen molar-refractivity contribution in [2.75, 3.05) is 0 Å². The maximum atomic E-state index is 12.8. The molecule has 0 atom stereocenters. The fraction of sp³-hybridized carbons (Fsp3) is 0.333. The van der Waals surface area contributed by atoms with E-state index in [-0.39, 0.29) is 5.69 Å². The smallest absolute Gasteiger partial charge is 0.292 e. The van der Waals surface area contributed by atoms with E-state index in [1.165, 1.54) is 32.1 Å². The third-order valence-corrected chi connectivity index (χ3v) is 5.39. The van der Waals surface area contributed by atoms with E-state index >= 15 is 0 Å². The van der Waals surface area contributed by atoms with Crippen molar-refractivity contribution in [3.63, 3.8) is 0 Å². The number of aromatic nitrogens is 2. The van der Waals surface area contributed by atoms with E-state index in [0.717, 1.165) is 23.0 Å². The van der Waals surface area contributed by atoms with Crippen LogP contribution in [0.5, 0.6) is 0 Å². The van der Waals surface area contributed by atoms with Gasteiger partial charge in [-0.1, -0.05) is 61.2 Å². The number of rotatable bonds is 3. The number of benzene rings is 2. The van der Waals surface area contributed by atoms with Crippen LogP contribution in [0.1, 0.15) is 32.1 Å². The zero-order valence-electron chi connectivity index (χ0n) is 14.1. The summed E-state index contributed by atoms with van der Waals surface area (Å²) in [6, 6.07) is 15.6. The lowest BCUT2D eigenvalue weighted by Gasteiger charge is -2.23. The van der Waals surface area contributed by atoms with Crippen molar-refractivity contribution in [1.29, 1.82) is 0 Å². The molecule has 1 saturated carbocycles. The van der Waals surface area contributed by atoms with Crippen molar-refractivity contribution < 1.29 is 0 Å². The van der Waals surface area contributed by atoms with Gasteiger partial charge in [0.05, 0.1) is 11.2 Å². The van der Waals surface area contributed by atoms with Gasteiger partial charge in [-0.3, -0.25) is 4.57 Å². The lowest BCUT2D eigenvalue weighted by Crippen LogP contribution is -2.28. The summed E-state index contributed by atoms with van der Waals surface area (Å²) in [5.41, 5.74) is 2.41. The zero-order chi connectivity index (χ0) is 17.2. The SMILES string of the molecule is O=c1nc(-c2ccccc2)c2cc(Cl)ccc2n1CC1CCCCC1. The normalized spacial score (nSPS) is 15.6. The van der Waals surface area contributed by atoms with Crippen LogP contribution in [-0.2, 0) is 6.54 Å². The van der Waals surface area contributed by atoms with E-state index < -0.39 is 0 Å². The van der Waals surface area contributed by atoms with Gasteiger partial charge in [-0.25, -0.2) is 4.79 Å². The van der Waals surface area contributed by atoms with Crippen LogP contribution in [0.15, 0.2) is 53.3 Å². The standard InChI is InChI=1S/C21H21ClN2O/c22-17-11-12-19-18(13-17)20(16-9-5-2-6-10-16)23-21(25)24(19)14-15-7-3-1-4-8-15/h2,5-6,9-13,15H,1,3-4,7-8,14H2. The molecule has 2 aromatic carbocycles. The Balaban J connectivity index is 1.88. The van der Waals surface area contributed by atoms with Gasteiger partial charge in [0.25, 0.3) is 0 Å². The van der Waals surface area contributed by atoms with E-state index in [0.29, 0.717) is 16.6 Å². The van der Waals surface area contributed by atoms with Gasteiger partial charge >= 0.3 is 5.69 Å². The molecule has 1 fully saturated rings. The molecule has 25 heavy (non-hydrogen) atoms. The van der Waals surface area contributed by atoms with Crippen molar-refractivity contribution in [3.8, 4) is 11.3 Å². The molecule has 1 aliphatic rings. The van der Waals surface area contributed by atoms with E-state index in [2.05, 4.69) is 4.98 Å². The van der Waals surface area contributed by atoms with Crippen molar-refractivity contribution >= 4 is 22.5 Å². The highest BCUT2D eigenvalue weighted by Gasteiger charge is 2.18. The first kappa shape index (κ1) is 16.3. The molecule has 1 aromatic heterocycles. The predicted molar refractivity (Wildman–Crippen MR) is 103 cm³/mol. The third kappa shape index (κ3) is 3.34. The fourth-order valence-corrected chi connectivity index (χ4v) is 4.05. The average molecular weight is 353 g/mol. The van der Waals surface area contributed by atoms with Crippen LogP contribution in [0.3, 0.4) is 0 Å². The quantitative estimate of drug-likeness (QED) is 0.641. The van der Waals surface area contributed by atoms with Crippen LogP contribution < -0.4 is 5.69 Å². The van der Waals surface area contributed by atoms with Gasteiger partial charge in [0, 0.05) is 22.5 Å². The Labute approximate surface area is 152 Å². The van der Waals surface area contributed by atoms with Crippen LogP contribution in [0.2, 0.25) is 5.02 Å². The molecule has 0 amide bonds. The number of hydrogen-bond acceptors (Lipinski definition) is 2. The van der Waals surface area contributed by atoms with Gasteiger partial charge in [-0.2, -0.15) is 4.98 Å². The van der Waals surface area contributed by atoms with E-state index in [4.69, 9.17) is 11.6 Å². The summed E-state index contributed by atoms with van der Waals surface area (Å²) in [6.45, 7) is 0.749. The molecule has 0 radical (unpaired) electrons. The molecule has 0 saturated heterocycles. The molecule has 0 spiro atoms. The lowest BCUT2D eigenvalue weighted by molar-refractivity contribution is 0.318. The Morgan fingerprint density at radius 1 is 1.04 bits per heavy atom. The van der Waals surface area contributed by atoms with Crippen LogP contribution in [0.25, 0.3) is 22.2 Å². The first-order chi connectivity index (χ1) is 12.2. The van der Waals surface area contributed by atoms with Crippen LogP contribution in [-0.4, -0.2) is 9.55 Å². The summed E-state index contributed by atoms with van der Waals surface area (Å²) in [5, 5.41) is 1.60. The van der Waals surface area contributed by atoms with E-state index in [1.54, 1.807) is 0 Å². The van der Waals surface area contributed by atoms with E-state index in [1.807, 2.05) is 53.1 Å². The first-order valence-corrected chi connectivity index (χ1v) is 9.36. The molecule has 3 nitrogen and oxygen atoms in total. The molecule has 1 heterocycles. The second kappa shape index (κ2) is 7.01. The Kier molecular flexibility index (Phi) is 4.58. The molecule has 0 aliphatic heterocycles. The van der Waals surface area contributed by atoms with Gasteiger partial charge in [-0.05, 0) is 37.0 Å². The van der Waals surface area contributed by atoms with Crippen LogP contribution in [0, 0.1) is 5.92 Å². The number of fused-ring (bicyclic) bond motifs is 1. The molecule has 0 unspecified atom stereocenters. The average Bonchev–Trinajstić information content (AvgIpc) is 2.65. The van der Waals surface area contributed by atoms with Crippen molar-refractivity contribution in [3.05, 3.63) is 64.0 Å². The summed E-state index contributed by atoms with van der Waals surface area (Å²) in [7, 11) is 0. The number of nitrogens with zero attached hydrogens (tertiary/aromatic N) is 2. The third-order valence-electron chi connectivity index (χ3n) is 5.16. The molecule has 4 heteroatoms. The predicted octanol–water partition coefficient (Wildman–Crippen LogP) is 5.30. The molecule has 0 bridgehead atoms. The van der Waals surface area contributed by atoms with Gasteiger partial charge < -0.3 is 0 Å². The molecule has 0 N–H and O–H groups in total. The summed E-state index contributed by atoms with van der Waals surface area (Å²) in [6.07, 6.45) is 6.23. The fourth-order valence-electron chi connectivity index (χ4n) is 3.87. The van der Waals surface area contributed by atoms with Crippen LogP contribution in [0.4, 0.5) is 0 Å². The Morgan fingerprint density at radius 3 is 2.56 bits per heavy atom. The summed E-state index contributed by atoms with van der Waals surface area (Å²) < 4.78 is 1.84. The minimum atomic E-state index is -0.167. The maximum absolute atomic E-state index is 12.8. The highest BCUT2D eigenvalue weighted by molar-refractivity contribution is 6.31. The maximum Gasteiger partial charge on any atom is 0.348 e. The number of halogens is 1. The minimum absolute atomic E-state index is 0.167. The number of hydrogen-bond donors (Lipinski definition) is 0. The topological polar surface area (TPSA) is 34.9 Å². The molecule has 4 rings (SSSR count). The van der Waals surface area contributed by atoms with Gasteiger partial charge in [0.1, 0.15) is 0 Å². The van der Waals surface area contributed by atoms with E-state index in [9.17, 15) is 4.79 Å². The van der Waals surface area contributed by atoms with Gasteiger partial charge in [0.15, 0.2) is 0 Å². The van der Waals surface area contributed by atoms with Crippen molar-refractivity contribution in [2.45, 2.75) is 38.6 Å².